The van der Waals surface area contributed by atoms with Gasteiger partial charge in [-0.15, -0.1) is 0 Å². The highest BCUT2D eigenvalue weighted by Crippen LogP contribution is 2.21. The number of hydrogen-bond acceptors (Lipinski definition) is 3. The van der Waals surface area contributed by atoms with E-state index in [0.29, 0.717) is 12.5 Å². The van der Waals surface area contributed by atoms with Crippen LogP contribution in [0, 0.1) is 5.92 Å². The third-order valence-corrected chi connectivity index (χ3v) is 5.46. The Labute approximate surface area is 179 Å². The zero-order valence-corrected chi connectivity index (χ0v) is 17.8. The molecule has 160 valence electrons. The molecule has 0 aromatic heterocycles. The first-order valence-electron chi connectivity index (χ1n) is 10.7. The largest absolute Gasteiger partial charge is 0.335 e. The van der Waals surface area contributed by atoms with Crippen molar-refractivity contribution in [1.29, 1.82) is 0 Å². The molecule has 1 aliphatic heterocycles. The number of carbonyl (C=O) groups excluding carboxylic acids is 2. The van der Waals surface area contributed by atoms with Crippen LogP contribution in [-0.4, -0.2) is 42.5 Å². The van der Waals surface area contributed by atoms with E-state index in [2.05, 4.69) is 34.7 Å². The van der Waals surface area contributed by atoms with Crippen LogP contribution < -0.4 is 16.0 Å². The molecule has 1 fully saturated rings. The molecule has 3 N–H and O–H groups in total. The Kier molecular flexibility index (Phi) is 7.85. The molecule has 30 heavy (non-hydrogen) atoms. The van der Waals surface area contributed by atoms with E-state index in [-0.39, 0.29) is 24.0 Å². The Morgan fingerprint density at radius 2 is 1.57 bits per heavy atom. The van der Waals surface area contributed by atoms with Crippen LogP contribution in [0.5, 0.6) is 0 Å². The monoisotopic (exact) mass is 408 g/mol. The van der Waals surface area contributed by atoms with Gasteiger partial charge in [-0.25, -0.2) is 4.79 Å². The minimum absolute atomic E-state index is 0.00649. The van der Waals surface area contributed by atoms with Crippen LogP contribution in [0.2, 0.25) is 0 Å². The summed E-state index contributed by atoms with van der Waals surface area (Å²) in [6, 6.07) is 19.5. The highest BCUT2D eigenvalue weighted by atomic mass is 16.2. The van der Waals surface area contributed by atoms with Gasteiger partial charge >= 0.3 is 6.03 Å². The molecule has 0 saturated carbocycles. The summed E-state index contributed by atoms with van der Waals surface area (Å²) in [6.07, 6.45) is 1.67. The van der Waals surface area contributed by atoms with Crippen LogP contribution in [-0.2, 0) is 4.79 Å². The van der Waals surface area contributed by atoms with Gasteiger partial charge in [-0.2, -0.15) is 0 Å². The molecule has 1 saturated heterocycles. The molecule has 6 nitrogen and oxygen atoms in total. The van der Waals surface area contributed by atoms with Crippen molar-refractivity contribution in [2.45, 2.75) is 38.8 Å². The molecular weight excluding hydrogens is 376 g/mol. The molecule has 0 spiro atoms. The van der Waals surface area contributed by atoms with E-state index >= 15 is 0 Å². The van der Waals surface area contributed by atoms with Gasteiger partial charge in [0.05, 0.1) is 12.6 Å². The second kappa shape index (κ2) is 10.8. The third-order valence-electron chi connectivity index (χ3n) is 5.46. The Bertz CT molecular complexity index is 802. The van der Waals surface area contributed by atoms with Crippen LogP contribution in [0.1, 0.15) is 38.3 Å². The van der Waals surface area contributed by atoms with Gasteiger partial charge in [-0.1, -0.05) is 62.4 Å². The van der Waals surface area contributed by atoms with Crippen molar-refractivity contribution in [3.8, 4) is 0 Å². The first kappa shape index (κ1) is 21.8. The van der Waals surface area contributed by atoms with Crippen molar-refractivity contribution in [3.63, 3.8) is 0 Å². The number of hydrogen-bond donors (Lipinski definition) is 3. The predicted octanol–water partition coefficient (Wildman–Crippen LogP) is 3.79. The van der Waals surface area contributed by atoms with Crippen LogP contribution >= 0.6 is 0 Å². The molecule has 2 aromatic carbocycles. The fraction of sp³-hybridized carbons (Fsp3) is 0.417. The van der Waals surface area contributed by atoms with Crippen molar-refractivity contribution >= 4 is 17.6 Å². The summed E-state index contributed by atoms with van der Waals surface area (Å²) in [5.41, 5.74) is 1.93. The summed E-state index contributed by atoms with van der Waals surface area (Å²) < 4.78 is 0. The summed E-state index contributed by atoms with van der Waals surface area (Å²) in [4.78, 5) is 26.9. The third kappa shape index (κ3) is 6.59. The van der Waals surface area contributed by atoms with Crippen molar-refractivity contribution in [1.82, 2.24) is 15.5 Å². The lowest BCUT2D eigenvalue weighted by Crippen LogP contribution is -2.50. The van der Waals surface area contributed by atoms with Crippen molar-refractivity contribution in [2.75, 3.05) is 25.0 Å². The minimum atomic E-state index is -0.127. The number of nitrogens with zero attached hydrogens (tertiary/aromatic N) is 1. The fourth-order valence-electron chi connectivity index (χ4n) is 3.82. The summed E-state index contributed by atoms with van der Waals surface area (Å²) in [5.74, 6) is 0.288. The Hall–Kier alpha value is -2.86. The Morgan fingerprint density at radius 1 is 0.967 bits per heavy atom. The van der Waals surface area contributed by atoms with E-state index in [1.807, 2.05) is 60.7 Å². The molecule has 1 atom stereocenters. The minimum Gasteiger partial charge on any atom is -0.335 e. The summed E-state index contributed by atoms with van der Waals surface area (Å²) in [6.45, 7) is 6.17. The second-order valence-corrected chi connectivity index (χ2v) is 8.21. The molecular formula is C24H32N4O2. The number of anilines is 1. The maximum absolute atomic E-state index is 12.6. The normalized spacial score (nSPS) is 16.1. The van der Waals surface area contributed by atoms with Crippen LogP contribution in [0.4, 0.5) is 10.5 Å². The van der Waals surface area contributed by atoms with Crippen molar-refractivity contribution in [2.24, 2.45) is 5.92 Å². The number of para-hydroxylation sites is 1. The van der Waals surface area contributed by atoms with E-state index in [4.69, 9.17) is 0 Å². The smallest absolute Gasteiger partial charge is 0.315 e. The Balaban J connectivity index is 1.41. The van der Waals surface area contributed by atoms with E-state index in [1.54, 1.807) is 0 Å². The lowest BCUT2D eigenvalue weighted by atomic mass is 9.96. The molecule has 0 radical (unpaired) electrons. The van der Waals surface area contributed by atoms with Gasteiger partial charge in [0.25, 0.3) is 0 Å². The number of benzene rings is 2. The predicted molar refractivity (Wildman–Crippen MR) is 120 cm³/mol. The van der Waals surface area contributed by atoms with Gasteiger partial charge in [-0.3, -0.25) is 9.69 Å². The van der Waals surface area contributed by atoms with Gasteiger partial charge in [0.2, 0.25) is 5.91 Å². The highest BCUT2D eigenvalue weighted by Gasteiger charge is 2.24. The molecule has 1 heterocycles. The summed E-state index contributed by atoms with van der Waals surface area (Å²) in [7, 11) is 0. The zero-order valence-electron chi connectivity index (χ0n) is 17.8. The standard InChI is InChI=1S/C24H32N4O2/c1-18(2)23(19-9-5-3-6-10-19)27-24(30)26-21-13-15-28(16-14-21)17-22(29)25-20-11-7-4-8-12-20/h3-12,18,21,23H,13-17H2,1-2H3,(H,25,29)(H2,26,27,30)/t23-/m1/s1. The van der Waals surface area contributed by atoms with E-state index in [9.17, 15) is 9.59 Å². The summed E-state index contributed by atoms with van der Waals surface area (Å²) >= 11 is 0. The average molecular weight is 409 g/mol. The first-order valence-corrected chi connectivity index (χ1v) is 10.7. The molecule has 0 bridgehead atoms. The van der Waals surface area contributed by atoms with E-state index in [1.165, 1.54) is 0 Å². The van der Waals surface area contributed by atoms with Crippen molar-refractivity contribution < 1.29 is 9.59 Å². The number of amides is 3. The lowest BCUT2D eigenvalue weighted by molar-refractivity contribution is -0.117. The van der Waals surface area contributed by atoms with E-state index in [0.717, 1.165) is 37.2 Å². The molecule has 2 aromatic rings. The maximum atomic E-state index is 12.6. The SMILES string of the molecule is CC(C)[C@@H](NC(=O)NC1CCN(CC(=O)Nc2ccccc2)CC1)c1ccccc1. The van der Waals surface area contributed by atoms with Gasteiger partial charge in [-0.05, 0) is 36.5 Å². The average Bonchev–Trinajstić information content (AvgIpc) is 2.74. The van der Waals surface area contributed by atoms with E-state index < -0.39 is 0 Å². The Morgan fingerprint density at radius 3 is 2.17 bits per heavy atom. The topological polar surface area (TPSA) is 73.5 Å². The second-order valence-electron chi connectivity index (χ2n) is 8.21. The summed E-state index contributed by atoms with van der Waals surface area (Å²) in [5, 5.41) is 9.15. The van der Waals surface area contributed by atoms with Gasteiger partial charge in [0, 0.05) is 24.8 Å². The highest BCUT2D eigenvalue weighted by molar-refractivity contribution is 5.92. The van der Waals surface area contributed by atoms with Crippen LogP contribution in [0.3, 0.4) is 0 Å². The molecule has 3 rings (SSSR count). The number of rotatable bonds is 7. The number of carbonyl (C=O) groups is 2. The number of likely N-dealkylation sites (tertiary alicyclic amines) is 1. The number of urea groups is 1. The number of nitrogens with one attached hydrogen (secondary N) is 3. The maximum Gasteiger partial charge on any atom is 0.315 e. The quantitative estimate of drug-likeness (QED) is 0.653. The molecule has 0 aliphatic carbocycles. The van der Waals surface area contributed by atoms with Gasteiger partial charge in [0.15, 0.2) is 0 Å². The van der Waals surface area contributed by atoms with Gasteiger partial charge < -0.3 is 16.0 Å². The number of piperidine rings is 1. The lowest BCUT2D eigenvalue weighted by Gasteiger charge is -2.32. The molecule has 0 unspecified atom stereocenters. The van der Waals surface area contributed by atoms with Crippen molar-refractivity contribution in [3.05, 3.63) is 66.2 Å². The molecule has 3 amide bonds. The molecule has 1 aliphatic rings. The fourth-order valence-corrected chi connectivity index (χ4v) is 3.82. The first-order chi connectivity index (χ1) is 14.5. The van der Waals surface area contributed by atoms with Crippen LogP contribution in [0.25, 0.3) is 0 Å². The van der Waals surface area contributed by atoms with Gasteiger partial charge in [0.1, 0.15) is 0 Å². The molecule has 6 heteroatoms. The van der Waals surface area contributed by atoms with Crippen LogP contribution in [0.15, 0.2) is 60.7 Å². The zero-order chi connectivity index (χ0) is 21.3.